The monoisotopic (exact) mass is 378 g/mol. The molecule has 0 unspecified atom stereocenters. The number of nitrogens with one attached hydrogen (secondary N) is 1. The Kier molecular flexibility index (Phi) is 4.77. The Morgan fingerprint density at radius 1 is 1.07 bits per heavy atom. The smallest absolute Gasteiger partial charge is 0.272 e. The standard InChI is InChI=1S/C21H19ClN4O/c1-14-23-19(12-20(24-14)25-18-8-6-17(22)7-9-18)21(27)26-11-10-15-4-2-3-5-16(15)13-26/h2-9,12H,10-11,13H2,1H3,(H,23,24,25). The second kappa shape index (κ2) is 7.37. The van der Waals surface area contributed by atoms with E-state index in [-0.39, 0.29) is 5.91 Å². The predicted octanol–water partition coefficient (Wildman–Crippen LogP) is 4.38. The van der Waals surface area contributed by atoms with Crippen LogP contribution in [0.15, 0.2) is 54.6 Å². The van der Waals surface area contributed by atoms with Gasteiger partial charge in [0.05, 0.1) is 0 Å². The van der Waals surface area contributed by atoms with Crippen molar-refractivity contribution in [1.82, 2.24) is 14.9 Å². The van der Waals surface area contributed by atoms with Crippen molar-refractivity contribution >= 4 is 29.0 Å². The van der Waals surface area contributed by atoms with E-state index >= 15 is 0 Å². The number of hydrogen-bond donors (Lipinski definition) is 1. The van der Waals surface area contributed by atoms with E-state index in [2.05, 4.69) is 27.4 Å². The summed E-state index contributed by atoms with van der Waals surface area (Å²) in [6.07, 6.45) is 0.863. The van der Waals surface area contributed by atoms with E-state index in [9.17, 15) is 4.79 Å². The summed E-state index contributed by atoms with van der Waals surface area (Å²) in [4.78, 5) is 23.6. The summed E-state index contributed by atoms with van der Waals surface area (Å²) in [6, 6.07) is 17.3. The van der Waals surface area contributed by atoms with E-state index < -0.39 is 0 Å². The minimum atomic E-state index is -0.0749. The highest BCUT2D eigenvalue weighted by atomic mass is 35.5. The average Bonchev–Trinajstić information content (AvgIpc) is 2.68. The van der Waals surface area contributed by atoms with Crippen LogP contribution in [0.25, 0.3) is 0 Å². The molecule has 2 heterocycles. The van der Waals surface area contributed by atoms with Crippen LogP contribution in [0.3, 0.4) is 0 Å². The quantitative estimate of drug-likeness (QED) is 0.734. The normalized spacial score (nSPS) is 13.2. The molecular weight excluding hydrogens is 360 g/mol. The van der Waals surface area contributed by atoms with Crippen molar-refractivity contribution in [1.29, 1.82) is 0 Å². The van der Waals surface area contributed by atoms with Crippen LogP contribution >= 0.6 is 11.6 Å². The number of anilines is 2. The molecule has 0 spiro atoms. The van der Waals surface area contributed by atoms with Crippen molar-refractivity contribution in [2.75, 3.05) is 11.9 Å². The Morgan fingerprint density at radius 2 is 1.81 bits per heavy atom. The van der Waals surface area contributed by atoms with Crippen LogP contribution in [0, 0.1) is 6.92 Å². The zero-order chi connectivity index (χ0) is 18.8. The molecule has 0 atom stereocenters. The Morgan fingerprint density at radius 3 is 2.59 bits per heavy atom. The number of amides is 1. The molecule has 1 aliphatic rings. The third-order valence-electron chi connectivity index (χ3n) is 4.59. The van der Waals surface area contributed by atoms with E-state index in [0.29, 0.717) is 35.4 Å². The fourth-order valence-electron chi connectivity index (χ4n) is 3.25. The number of nitrogens with zero attached hydrogens (tertiary/aromatic N) is 3. The van der Waals surface area contributed by atoms with Gasteiger partial charge < -0.3 is 10.2 Å². The molecular formula is C21H19ClN4O. The van der Waals surface area contributed by atoms with Crippen LogP contribution in [-0.4, -0.2) is 27.3 Å². The third-order valence-corrected chi connectivity index (χ3v) is 4.84. The lowest BCUT2D eigenvalue weighted by atomic mass is 10.00. The number of hydrogen-bond acceptors (Lipinski definition) is 4. The maximum Gasteiger partial charge on any atom is 0.272 e. The Bertz CT molecular complexity index is 988. The maximum atomic E-state index is 13.0. The summed E-state index contributed by atoms with van der Waals surface area (Å²) in [7, 11) is 0. The molecule has 3 aromatic rings. The fourth-order valence-corrected chi connectivity index (χ4v) is 3.38. The number of rotatable bonds is 3. The maximum absolute atomic E-state index is 13.0. The summed E-state index contributed by atoms with van der Waals surface area (Å²) in [5.41, 5.74) is 3.76. The number of carbonyl (C=O) groups is 1. The van der Waals surface area contributed by atoms with Gasteiger partial charge in [-0.1, -0.05) is 35.9 Å². The molecule has 0 radical (unpaired) electrons. The zero-order valence-electron chi connectivity index (χ0n) is 14.9. The van der Waals surface area contributed by atoms with Gasteiger partial charge in [-0.3, -0.25) is 4.79 Å². The summed E-state index contributed by atoms with van der Waals surface area (Å²) in [5, 5.41) is 3.87. The number of aromatic nitrogens is 2. The van der Waals surface area contributed by atoms with Gasteiger partial charge in [0.15, 0.2) is 0 Å². The Balaban J connectivity index is 1.56. The van der Waals surface area contributed by atoms with E-state index in [1.807, 2.05) is 29.2 Å². The Hall–Kier alpha value is -2.92. The van der Waals surface area contributed by atoms with Crippen LogP contribution in [0.2, 0.25) is 5.02 Å². The molecule has 4 rings (SSSR count). The number of benzene rings is 2. The summed E-state index contributed by atoms with van der Waals surface area (Å²) < 4.78 is 0. The van der Waals surface area contributed by atoms with Gasteiger partial charge in [0, 0.05) is 29.9 Å². The second-order valence-corrected chi connectivity index (χ2v) is 7.00. The van der Waals surface area contributed by atoms with Crippen molar-refractivity contribution < 1.29 is 4.79 Å². The predicted molar refractivity (Wildman–Crippen MR) is 106 cm³/mol. The second-order valence-electron chi connectivity index (χ2n) is 6.56. The van der Waals surface area contributed by atoms with Gasteiger partial charge in [-0.05, 0) is 48.7 Å². The first-order valence-electron chi connectivity index (χ1n) is 8.83. The molecule has 1 amide bonds. The number of halogens is 1. The van der Waals surface area contributed by atoms with Crippen molar-refractivity contribution in [3.8, 4) is 0 Å². The number of carbonyl (C=O) groups excluding carboxylic acids is 1. The van der Waals surface area contributed by atoms with E-state index in [4.69, 9.17) is 11.6 Å². The molecule has 6 heteroatoms. The minimum Gasteiger partial charge on any atom is -0.340 e. The van der Waals surface area contributed by atoms with Crippen molar-refractivity contribution in [3.05, 3.63) is 82.3 Å². The molecule has 27 heavy (non-hydrogen) atoms. The third kappa shape index (κ3) is 3.93. The van der Waals surface area contributed by atoms with Gasteiger partial charge in [-0.25, -0.2) is 9.97 Å². The molecule has 1 aliphatic heterocycles. The van der Waals surface area contributed by atoms with Crippen molar-refractivity contribution in [2.24, 2.45) is 0 Å². The zero-order valence-corrected chi connectivity index (χ0v) is 15.7. The molecule has 0 aliphatic carbocycles. The number of aryl methyl sites for hydroxylation is 1. The lowest BCUT2D eigenvalue weighted by Crippen LogP contribution is -2.36. The lowest BCUT2D eigenvalue weighted by molar-refractivity contribution is 0.0728. The Labute approximate surface area is 163 Å². The minimum absolute atomic E-state index is 0.0749. The summed E-state index contributed by atoms with van der Waals surface area (Å²) >= 11 is 5.93. The fraction of sp³-hybridized carbons (Fsp3) is 0.190. The van der Waals surface area contributed by atoms with Gasteiger partial charge in [0.2, 0.25) is 0 Å². The van der Waals surface area contributed by atoms with E-state index in [0.717, 1.165) is 12.1 Å². The first-order chi connectivity index (χ1) is 13.1. The largest absolute Gasteiger partial charge is 0.340 e. The van der Waals surface area contributed by atoms with Crippen LogP contribution < -0.4 is 5.32 Å². The van der Waals surface area contributed by atoms with Crippen LogP contribution in [0.5, 0.6) is 0 Å². The molecule has 0 bridgehead atoms. The van der Waals surface area contributed by atoms with E-state index in [1.54, 1.807) is 25.1 Å². The van der Waals surface area contributed by atoms with Gasteiger partial charge in [0.1, 0.15) is 17.3 Å². The summed E-state index contributed by atoms with van der Waals surface area (Å²) in [6.45, 7) is 3.09. The molecule has 0 fully saturated rings. The molecule has 1 N–H and O–H groups in total. The highest BCUT2D eigenvalue weighted by molar-refractivity contribution is 6.30. The molecule has 2 aromatic carbocycles. The van der Waals surface area contributed by atoms with E-state index in [1.165, 1.54) is 11.1 Å². The van der Waals surface area contributed by atoms with Gasteiger partial charge in [0.25, 0.3) is 5.91 Å². The van der Waals surface area contributed by atoms with Gasteiger partial charge >= 0.3 is 0 Å². The van der Waals surface area contributed by atoms with Crippen LogP contribution in [-0.2, 0) is 13.0 Å². The highest BCUT2D eigenvalue weighted by Gasteiger charge is 2.23. The molecule has 136 valence electrons. The van der Waals surface area contributed by atoms with Crippen molar-refractivity contribution in [3.63, 3.8) is 0 Å². The topological polar surface area (TPSA) is 58.1 Å². The highest BCUT2D eigenvalue weighted by Crippen LogP contribution is 2.22. The van der Waals surface area contributed by atoms with Gasteiger partial charge in [-0.15, -0.1) is 0 Å². The molecule has 0 saturated carbocycles. The van der Waals surface area contributed by atoms with Crippen LogP contribution in [0.1, 0.15) is 27.4 Å². The van der Waals surface area contributed by atoms with Gasteiger partial charge in [-0.2, -0.15) is 0 Å². The molecule has 5 nitrogen and oxygen atoms in total. The molecule has 0 saturated heterocycles. The number of fused-ring (bicyclic) bond motifs is 1. The lowest BCUT2D eigenvalue weighted by Gasteiger charge is -2.28. The first kappa shape index (κ1) is 17.5. The first-order valence-corrected chi connectivity index (χ1v) is 9.20. The SMILES string of the molecule is Cc1nc(Nc2ccc(Cl)cc2)cc(C(=O)N2CCc3ccccc3C2)n1. The average molecular weight is 379 g/mol. The van der Waals surface area contributed by atoms with Crippen LogP contribution in [0.4, 0.5) is 11.5 Å². The van der Waals surface area contributed by atoms with Crippen molar-refractivity contribution in [2.45, 2.75) is 19.9 Å². The molecule has 1 aromatic heterocycles. The summed E-state index contributed by atoms with van der Waals surface area (Å²) in [5.74, 6) is 1.06.